The second-order valence-electron chi connectivity index (χ2n) is 23.9. The lowest BCUT2D eigenvalue weighted by Gasteiger charge is -2.33. The van der Waals surface area contributed by atoms with Crippen molar-refractivity contribution in [1.82, 2.24) is 0 Å². The molecule has 0 N–H and O–H groups in total. The lowest BCUT2D eigenvalue weighted by Crippen LogP contribution is -2.27. The summed E-state index contributed by atoms with van der Waals surface area (Å²) in [5, 5.41) is 0. The molecule has 358 valence electrons. The minimum Gasteiger partial charge on any atom is -0.310 e. The summed E-state index contributed by atoms with van der Waals surface area (Å²) in [7, 11) is 0. The van der Waals surface area contributed by atoms with Gasteiger partial charge in [-0.25, -0.2) is 0 Å². The van der Waals surface area contributed by atoms with Crippen molar-refractivity contribution in [1.29, 1.82) is 0 Å². The fourth-order valence-electron chi connectivity index (χ4n) is 14.1. The van der Waals surface area contributed by atoms with E-state index < -0.39 is 5.41 Å². The number of anilines is 3. The van der Waals surface area contributed by atoms with Gasteiger partial charge >= 0.3 is 0 Å². The van der Waals surface area contributed by atoms with Crippen LogP contribution in [0.3, 0.4) is 0 Å². The van der Waals surface area contributed by atoms with Crippen LogP contribution in [0.1, 0.15) is 122 Å². The van der Waals surface area contributed by atoms with Crippen LogP contribution in [0.15, 0.2) is 224 Å². The highest BCUT2D eigenvalue weighted by Gasteiger charge is 2.53. The average Bonchev–Trinajstić information content (AvgIpc) is 4.10. The summed E-state index contributed by atoms with van der Waals surface area (Å²) in [4.78, 5) is 2.55. The molecule has 2 unspecified atom stereocenters. The molecule has 0 amide bonds. The Kier molecular flexibility index (Phi) is 9.37. The first-order valence-electron chi connectivity index (χ1n) is 26.7. The van der Waals surface area contributed by atoms with Gasteiger partial charge in [-0.3, -0.25) is 0 Å². The van der Waals surface area contributed by atoms with Crippen LogP contribution >= 0.6 is 0 Å². The van der Waals surface area contributed by atoms with Gasteiger partial charge in [-0.05, 0) is 172 Å². The SMILES string of the molecule is CC(C)(C)c1ccc2c(c1)C1(c3ccccc3-c3cc(N(c4ccc5c(c4)-c4ccccc4C5(C)c4ccccc4)c4ccc5c(c4)C(C)(c4ccccc4)c4ccccc4-5)ccc31)c1cc(C(C)(C)C)ccc1-2. The molecule has 0 fully saturated rings. The minimum absolute atomic E-state index is 0.0183. The van der Waals surface area contributed by atoms with Crippen LogP contribution in [0.2, 0.25) is 0 Å². The number of hydrogen-bond acceptors (Lipinski definition) is 1. The fraction of sp³-hybridized carbons (Fsp3) is 0.178. The molecular weight excluding hydrogens is 891 g/mol. The number of fused-ring (bicyclic) bond motifs is 16. The summed E-state index contributed by atoms with van der Waals surface area (Å²) < 4.78 is 0. The highest BCUT2D eigenvalue weighted by Crippen LogP contribution is 2.65. The molecule has 0 radical (unpaired) electrons. The molecule has 0 heterocycles. The van der Waals surface area contributed by atoms with Crippen LogP contribution in [0, 0.1) is 0 Å². The summed E-state index contributed by atoms with van der Waals surface area (Å²) in [6, 6.07) is 86.3. The normalized spacial score (nSPS) is 17.9. The number of nitrogens with zero attached hydrogens (tertiary/aromatic N) is 1. The third-order valence-electron chi connectivity index (χ3n) is 18.0. The van der Waals surface area contributed by atoms with E-state index in [2.05, 4.69) is 285 Å². The summed E-state index contributed by atoms with van der Waals surface area (Å²) in [6.07, 6.45) is 0. The van der Waals surface area contributed by atoms with Crippen molar-refractivity contribution in [2.75, 3.05) is 4.90 Å². The second kappa shape index (κ2) is 15.5. The van der Waals surface area contributed by atoms with Gasteiger partial charge in [0.15, 0.2) is 0 Å². The lowest BCUT2D eigenvalue weighted by molar-refractivity contribution is 0.586. The molecule has 74 heavy (non-hydrogen) atoms. The summed E-state index contributed by atoms with van der Waals surface area (Å²) in [5.41, 5.74) is 28.8. The first-order valence-corrected chi connectivity index (χ1v) is 26.7. The van der Waals surface area contributed by atoms with E-state index in [1.807, 2.05) is 0 Å². The van der Waals surface area contributed by atoms with E-state index in [9.17, 15) is 0 Å². The van der Waals surface area contributed by atoms with E-state index in [-0.39, 0.29) is 21.7 Å². The third-order valence-corrected chi connectivity index (χ3v) is 18.0. The first kappa shape index (κ1) is 44.7. The molecule has 4 aliphatic rings. The van der Waals surface area contributed by atoms with Gasteiger partial charge in [0, 0.05) is 27.9 Å². The Morgan fingerprint density at radius 3 is 1.14 bits per heavy atom. The molecule has 1 nitrogen and oxygen atoms in total. The maximum atomic E-state index is 2.55. The van der Waals surface area contributed by atoms with Crippen LogP contribution in [-0.2, 0) is 27.1 Å². The molecule has 1 heteroatoms. The molecule has 0 aromatic heterocycles. The minimum atomic E-state index is -0.488. The number of hydrogen-bond donors (Lipinski definition) is 0. The molecule has 0 bridgehead atoms. The van der Waals surface area contributed by atoms with Crippen molar-refractivity contribution in [2.45, 2.75) is 82.5 Å². The quantitative estimate of drug-likeness (QED) is 0.166. The topological polar surface area (TPSA) is 3.24 Å². The third kappa shape index (κ3) is 5.99. The van der Waals surface area contributed by atoms with Gasteiger partial charge in [0.05, 0.1) is 5.41 Å². The molecule has 0 saturated heterocycles. The Morgan fingerprint density at radius 2 is 0.608 bits per heavy atom. The zero-order chi connectivity index (χ0) is 50.5. The summed E-state index contributed by atoms with van der Waals surface area (Å²) >= 11 is 0. The van der Waals surface area contributed by atoms with E-state index in [1.54, 1.807) is 0 Å². The van der Waals surface area contributed by atoms with E-state index in [0.717, 1.165) is 17.1 Å². The van der Waals surface area contributed by atoms with Crippen molar-refractivity contribution in [3.8, 4) is 44.5 Å². The van der Waals surface area contributed by atoms with Crippen molar-refractivity contribution < 1.29 is 0 Å². The summed E-state index contributed by atoms with van der Waals surface area (Å²) in [5.74, 6) is 0. The van der Waals surface area contributed by atoms with Gasteiger partial charge in [-0.1, -0.05) is 230 Å². The smallest absolute Gasteiger partial charge is 0.0725 e. The Morgan fingerprint density at radius 1 is 0.270 bits per heavy atom. The second-order valence-corrected chi connectivity index (χ2v) is 23.9. The van der Waals surface area contributed by atoms with E-state index in [1.165, 1.54) is 111 Å². The van der Waals surface area contributed by atoms with Crippen LogP contribution < -0.4 is 4.90 Å². The summed E-state index contributed by atoms with van der Waals surface area (Å²) in [6.45, 7) is 18.9. The molecule has 10 aromatic carbocycles. The average molecular weight is 952 g/mol. The monoisotopic (exact) mass is 951 g/mol. The predicted octanol–water partition coefficient (Wildman–Crippen LogP) is 18.8. The van der Waals surface area contributed by atoms with Crippen molar-refractivity contribution in [3.63, 3.8) is 0 Å². The maximum Gasteiger partial charge on any atom is 0.0725 e. The van der Waals surface area contributed by atoms with Gasteiger partial charge in [-0.2, -0.15) is 0 Å². The standard InChI is InChI=1S/C73H61N/c1-69(2,3)48-31-36-57-58-37-32-49(70(4,5)6)42-68(58)73(67(57)41-48)64-30-20-17-27-55(64)60-44-51(35-40-65(60)73)74(50-34-39-63-59(43-50)54-26-16-19-29-62(54)71(63,7)46-21-11-9-12-22-46)52-33-38-56-53-25-15-18-28-61(53)72(8,66(56)45-52)47-23-13-10-14-24-47/h9-45H,1-8H3. The molecule has 4 aliphatic carbocycles. The highest BCUT2D eigenvalue weighted by molar-refractivity contribution is 5.98. The van der Waals surface area contributed by atoms with Gasteiger partial charge in [0.2, 0.25) is 0 Å². The maximum absolute atomic E-state index is 2.55. The van der Waals surface area contributed by atoms with Crippen molar-refractivity contribution in [3.05, 3.63) is 291 Å². The Hall–Kier alpha value is -8.00. The molecule has 0 aliphatic heterocycles. The highest BCUT2D eigenvalue weighted by atomic mass is 15.1. The Balaban J connectivity index is 1.03. The molecule has 0 saturated carbocycles. The molecule has 14 rings (SSSR count). The van der Waals surface area contributed by atoms with Crippen molar-refractivity contribution >= 4 is 17.1 Å². The number of benzene rings is 10. The predicted molar refractivity (Wildman–Crippen MR) is 310 cm³/mol. The van der Waals surface area contributed by atoms with Crippen LogP contribution in [0.4, 0.5) is 17.1 Å². The molecular formula is C73H61N. The van der Waals surface area contributed by atoms with Gasteiger partial charge < -0.3 is 4.90 Å². The van der Waals surface area contributed by atoms with Gasteiger partial charge in [0.25, 0.3) is 0 Å². The molecule has 2 atom stereocenters. The van der Waals surface area contributed by atoms with Crippen LogP contribution in [0.25, 0.3) is 44.5 Å². The molecule has 10 aromatic rings. The largest absolute Gasteiger partial charge is 0.310 e. The Labute approximate surface area is 437 Å². The van der Waals surface area contributed by atoms with E-state index >= 15 is 0 Å². The first-order chi connectivity index (χ1) is 35.7. The Bertz CT molecular complexity index is 3890. The van der Waals surface area contributed by atoms with Gasteiger partial charge in [0.1, 0.15) is 0 Å². The number of rotatable bonds is 5. The fourth-order valence-corrected chi connectivity index (χ4v) is 14.1. The lowest BCUT2D eigenvalue weighted by atomic mass is 9.69. The van der Waals surface area contributed by atoms with Gasteiger partial charge in [-0.15, -0.1) is 0 Å². The van der Waals surface area contributed by atoms with E-state index in [4.69, 9.17) is 0 Å². The van der Waals surface area contributed by atoms with Crippen molar-refractivity contribution in [2.24, 2.45) is 0 Å². The van der Waals surface area contributed by atoms with Crippen LogP contribution in [0.5, 0.6) is 0 Å². The zero-order valence-electron chi connectivity index (χ0n) is 43.8. The zero-order valence-corrected chi connectivity index (χ0v) is 43.8. The van der Waals surface area contributed by atoms with E-state index in [0.29, 0.717) is 0 Å². The van der Waals surface area contributed by atoms with Crippen LogP contribution in [-0.4, -0.2) is 0 Å². The molecule has 1 spiro atoms.